The van der Waals surface area contributed by atoms with Crippen LogP contribution in [0.4, 0.5) is 0 Å². The van der Waals surface area contributed by atoms with Crippen LogP contribution >= 0.6 is 24.0 Å². The van der Waals surface area contributed by atoms with E-state index in [1.165, 1.54) is 18.9 Å². The number of aromatic hydroxyl groups is 1. The van der Waals surface area contributed by atoms with Crippen LogP contribution in [-0.4, -0.2) is 39.7 Å². The van der Waals surface area contributed by atoms with E-state index < -0.39 is 0 Å². The van der Waals surface area contributed by atoms with Gasteiger partial charge in [0.25, 0.3) is 5.91 Å². The van der Waals surface area contributed by atoms with Crippen molar-refractivity contribution in [1.82, 2.24) is 4.90 Å². The molecule has 5 nitrogen and oxygen atoms in total. The zero-order valence-electron chi connectivity index (χ0n) is 12.2. The quantitative estimate of drug-likeness (QED) is 0.658. The van der Waals surface area contributed by atoms with Crippen molar-refractivity contribution in [2.45, 2.75) is 13.3 Å². The predicted octanol–water partition coefficient (Wildman–Crippen LogP) is 2.58. The molecule has 1 aliphatic heterocycles. The minimum atomic E-state index is -0.251. The molecule has 0 bridgehead atoms. The number of Topliss-reactive ketones (excluding diaryl/α,β-unsaturated/α-hetero) is 1. The molecule has 0 saturated carbocycles. The Kier molecular flexibility index (Phi) is 5.20. The average molecular weight is 337 g/mol. The van der Waals surface area contributed by atoms with Crippen LogP contribution < -0.4 is 4.74 Å². The standard InChI is InChI=1S/C15H15NO4S2/c1-9(17)6-7-16-14(19)12(22-15(16)21)8-10-4-3-5-11(20-2)13(10)18/h3-5,8,18H,6-7H2,1-2H3/b12-8-. The fraction of sp³-hybridized carbons (Fsp3) is 0.267. The first kappa shape index (κ1) is 16.5. The molecule has 1 saturated heterocycles. The summed E-state index contributed by atoms with van der Waals surface area (Å²) in [6.07, 6.45) is 1.84. The summed E-state index contributed by atoms with van der Waals surface area (Å²) >= 11 is 6.33. The summed E-state index contributed by atoms with van der Waals surface area (Å²) in [6.45, 7) is 1.75. The van der Waals surface area contributed by atoms with Crippen molar-refractivity contribution in [1.29, 1.82) is 0 Å². The number of para-hydroxylation sites is 1. The van der Waals surface area contributed by atoms with Crippen LogP contribution in [0.3, 0.4) is 0 Å². The lowest BCUT2D eigenvalue weighted by Crippen LogP contribution is -2.30. The first-order chi connectivity index (χ1) is 10.4. The Labute approximate surface area is 137 Å². The number of rotatable bonds is 5. The molecule has 116 valence electrons. The summed E-state index contributed by atoms with van der Waals surface area (Å²) in [5.74, 6) is 0.0572. The zero-order valence-corrected chi connectivity index (χ0v) is 13.8. The van der Waals surface area contributed by atoms with Gasteiger partial charge in [0.05, 0.1) is 12.0 Å². The van der Waals surface area contributed by atoms with Crippen molar-refractivity contribution < 1.29 is 19.4 Å². The van der Waals surface area contributed by atoms with Gasteiger partial charge in [-0.3, -0.25) is 14.5 Å². The van der Waals surface area contributed by atoms with Crippen molar-refractivity contribution in [3.8, 4) is 11.5 Å². The molecule has 0 aromatic heterocycles. The SMILES string of the molecule is COc1cccc(/C=C2\SC(=S)N(CCC(C)=O)C2=O)c1O. The minimum absolute atomic E-state index is 0.00321. The lowest BCUT2D eigenvalue weighted by atomic mass is 10.1. The minimum Gasteiger partial charge on any atom is -0.504 e. The number of thiocarbonyl (C=S) groups is 1. The van der Waals surface area contributed by atoms with Gasteiger partial charge in [-0.15, -0.1) is 0 Å². The Hall–Kier alpha value is -1.86. The molecular weight excluding hydrogens is 322 g/mol. The topological polar surface area (TPSA) is 66.8 Å². The van der Waals surface area contributed by atoms with E-state index in [1.807, 2.05) is 0 Å². The molecule has 1 fully saturated rings. The maximum Gasteiger partial charge on any atom is 0.266 e. The number of phenolic OH excluding ortho intramolecular Hbond substituents is 1. The summed E-state index contributed by atoms with van der Waals surface area (Å²) in [7, 11) is 1.46. The van der Waals surface area contributed by atoms with Crippen molar-refractivity contribution in [2.75, 3.05) is 13.7 Å². The highest BCUT2D eigenvalue weighted by Crippen LogP contribution is 2.36. The zero-order chi connectivity index (χ0) is 16.3. The number of nitrogens with zero attached hydrogens (tertiary/aromatic N) is 1. The maximum atomic E-state index is 12.3. The number of carbonyl (C=O) groups is 2. The van der Waals surface area contributed by atoms with E-state index in [2.05, 4.69) is 0 Å². The first-order valence-electron chi connectivity index (χ1n) is 6.54. The molecule has 0 radical (unpaired) electrons. The van der Waals surface area contributed by atoms with Crippen LogP contribution in [0, 0.1) is 0 Å². The summed E-state index contributed by atoms with van der Waals surface area (Å²) < 4.78 is 5.46. The van der Waals surface area contributed by atoms with E-state index >= 15 is 0 Å². The lowest BCUT2D eigenvalue weighted by molar-refractivity contribution is -0.122. The largest absolute Gasteiger partial charge is 0.504 e. The van der Waals surface area contributed by atoms with Gasteiger partial charge in [0.2, 0.25) is 0 Å². The molecule has 1 heterocycles. The average Bonchev–Trinajstić information content (AvgIpc) is 2.73. The molecule has 0 spiro atoms. The number of ether oxygens (including phenoxy) is 1. The summed E-state index contributed by atoms with van der Waals surface area (Å²) in [4.78, 5) is 25.2. The van der Waals surface area contributed by atoms with E-state index in [4.69, 9.17) is 17.0 Å². The number of phenols is 1. The Morgan fingerprint density at radius 3 is 2.86 bits per heavy atom. The second-order valence-electron chi connectivity index (χ2n) is 4.68. The smallest absolute Gasteiger partial charge is 0.266 e. The number of amides is 1. The maximum absolute atomic E-state index is 12.3. The molecule has 1 aromatic carbocycles. The molecule has 7 heteroatoms. The van der Waals surface area contributed by atoms with Gasteiger partial charge in [-0.05, 0) is 19.1 Å². The van der Waals surface area contributed by atoms with E-state index in [0.717, 1.165) is 11.8 Å². The van der Waals surface area contributed by atoms with Crippen LogP contribution in [0.1, 0.15) is 18.9 Å². The van der Waals surface area contributed by atoms with Crippen LogP contribution in [0.5, 0.6) is 11.5 Å². The third-order valence-electron chi connectivity index (χ3n) is 3.10. The Balaban J connectivity index is 2.25. The van der Waals surface area contributed by atoms with Crippen LogP contribution in [0.15, 0.2) is 23.1 Å². The number of hydrogen-bond donors (Lipinski definition) is 1. The van der Waals surface area contributed by atoms with Gasteiger partial charge in [-0.25, -0.2) is 0 Å². The van der Waals surface area contributed by atoms with Gasteiger partial charge < -0.3 is 9.84 Å². The highest BCUT2D eigenvalue weighted by atomic mass is 32.2. The van der Waals surface area contributed by atoms with E-state index in [-0.39, 0.29) is 30.4 Å². The number of hydrogen-bond acceptors (Lipinski definition) is 6. The predicted molar refractivity (Wildman–Crippen MR) is 89.8 cm³/mol. The third kappa shape index (κ3) is 3.48. The van der Waals surface area contributed by atoms with Gasteiger partial charge in [0.1, 0.15) is 10.1 Å². The fourth-order valence-electron chi connectivity index (χ4n) is 1.92. The van der Waals surface area contributed by atoms with E-state index in [0.29, 0.717) is 20.5 Å². The number of carbonyl (C=O) groups excluding carboxylic acids is 2. The van der Waals surface area contributed by atoms with Crippen LogP contribution in [0.25, 0.3) is 6.08 Å². The van der Waals surface area contributed by atoms with Gasteiger partial charge in [-0.2, -0.15) is 0 Å². The molecule has 0 unspecified atom stereocenters. The Bertz CT molecular complexity index is 670. The van der Waals surface area contributed by atoms with Gasteiger partial charge >= 0.3 is 0 Å². The molecule has 22 heavy (non-hydrogen) atoms. The second kappa shape index (κ2) is 6.93. The molecule has 1 N–H and O–H groups in total. The monoisotopic (exact) mass is 337 g/mol. The Morgan fingerprint density at radius 1 is 1.50 bits per heavy atom. The second-order valence-corrected chi connectivity index (χ2v) is 6.36. The number of thioether (sulfide) groups is 1. The normalized spacial score (nSPS) is 16.5. The summed E-state index contributed by atoms with van der Waals surface area (Å²) in [6, 6.07) is 5.03. The van der Waals surface area contributed by atoms with Crippen molar-refractivity contribution in [3.63, 3.8) is 0 Å². The number of ketones is 1. The van der Waals surface area contributed by atoms with Crippen molar-refractivity contribution in [3.05, 3.63) is 28.7 Å². The van der Waals surface area contributed by atoms with E-state index in [1.54, 1.807) is 24.3 Å². The Morgan fingerprint density at radius 2 is 2.23 bits per heavy atom. The van der Waals surface area contributed by atoms with E-state index in [9.17, 15) is 14.7 Å². The first-order valence-corrected chi connectivity index (χ1v) is 7.77. The highest BCUT2D eigenvalue weighted by molar-refractivity contribution is 8.26. The molecule has 1 aliphatic rings. The van der Waals surface area contributed by atoms with Crippen LogP contribution in [-0.2, 0) is 9.59 Å². The van der Waals surface area contributed by atoms with Gasteiger partial charge in [0.15, 0.2) is 11.5 Å². The summed E-state index contributed by atoms with van der Waals surface area (Å²) in [5.41, 5.74) is 0.478. The highest BCUT2D eigenvalue weighted by Gasteiger charge is 2.32. The number of benzene rings is 1. The van der Waals surface area contributed by atoms with Crippen LogP contribution in [0.2, 0.25) is 0 Å². The molecular formula is C15H15NO4S2. The fourth-order valence-corrected chi connectivity index (χ4v) is 3.22. The molecule has 0 aliphatic carbocycles. The van der Waals surface area contributed by atoms with Crippen molar-refractivity contribution >= 4 is 46.1 Å². The third-order valence-corrected chi connectivity index (χ3v) is 4.48. The molecule has 2 rings (SSSR count). The number of methoxy groups -OCH3 is 1. The van der Waals surface area contributed by atoms with Crippen molar-refractivity contribution in [2.24, 2.45) is 0 Å². The molecule has 1 aromatic rings. The lowest BCUT2D eigenvalue weighted by Gasteiger charge is -2.12. The molecule has 1 amide bonds. The molecule has 0 atom stereocenters. The van der Waals surface area contributed by atoms with Gasteiger partial charge in [-0.1, -0.05) is 36.1 Å². The summed E-state index contributed by atoms with van der Waals surface area (Å²) in [5, 5.41) is 10.1. The van der Waals surface area contributed by atoms with Gasteiger partial charge in [0, 0.05) is 18.5 Å².